The summed E-state index contributed by atoms with van der Waals surface area (Å²) in [5.74, 6) is 2.30. The van der Waals surface area contributed by atoms with Crippen molar-refractivity contribution in [1.29, 1.82) is 0 Å². The van der Waals surface area contributed by atoms with Crippen LogP contribution in [0, 0.1) is 0 Å². The molecule has 0 unspecified atom stereocenters. The zero-order valence-corrected chi connectivity index (χ0v) is 17.4. The van der Waals surface area contributed by atoms with Crippen molar-refractivity contribution in [2.45, 2.75) is 24.9 Å². The number of benzene rings is 2. The highest BCUT2D eigenvalue weighted by Gasteiger charge is 2.43. The quantitative estimate of drug-likeness (QED) is 0.768. The molecule has 2 aliphatic heterocycles. The van der Waals surface area contributed by atoms with E-state index in [1.165, 1.54) is 0 Å². The molecule has 0 aromatic heterocycles. The van der Waals surface area contributed by atoms with E-state index in [2.05, 4.69) is 0 Å². The number of nitrogens with zero attached hydrogens (tertiary/aromatic N) is 1. The summed E-state index contributed by atoms with van der Waals surface area (Å²) >= 11 is 0. The first-order valence-electron chi connectivity index (χ1n) is 9.90. The lowest BCUT2D eigenvalue weighted by molar-refractivity contribution is -0.00581. The lowest BCUT2D eigenvalue weighted by Crippen LogP contribution is -2.52. The second-order valence-corrected chi connectivity index (χ2v) is 7.61. The number of likely N-dealkylation sites (tertiary alicyclic amines) is 1. The average Bonchev–Trinajstić information content (AvgIpc) is 2.78. The lowest BCUT2D eigenvalue weighted by Gasteiger charge is -2.44. The Bertz CT molecular complexity index is 978. The van der Waals surface area contributed by atoms with E-state index in [1.807, 2.05) is 0 Å². The van der Waals surface area contributed by atoms with Crippen LogP contribution in [0.1, 0.15) is 40.0 Å². The van der Waals surface area contributed by atoms with E-state index in [9.17, 15) is 9.59 Å². The Morgan fingerprint density at radius 3 is 2.37 bits per heavy atom. The van der Waals surface area contributed by atoms with Crippen LogP contribution in [0.15, 0.2) is 36.4 Å². The summed E-state index contributed by atoms with van der Waals surface area (Å²) in [6, 6.07) is 10.4. The summed E-state index contributed by atoms with van der Waals surface area (Å²) in [4.78, 5) is 27.5. The minimum atomic E-state index is -0.579. The Labute approximate surface area is 175 Å². The molecular formula is C23H25NO6. The molecule has 1 spiro atoms. The van der Waals surface area contributed by atoms with Crippen molar-refractivity contribution >= 4 is 11.7 Å². The van der Waals surface area contributed by atoms with Crippen LogP contribution in [-0.2, 0) is 0 Å². The summed E-state index contributed by atoms with van der Waals surface area (Å²) in [6.07, 6.45) is 1.51. The second kappa shape index (κ2) is 7.89. The number of ether oxygens (including phenoxy) is 4. The molecule has 1 amide bonds. The lowest BCUT2D eigenvalue weighted by atomic mass is 9.82. The minimum absolute atomic E-state index is 0.0681. The Hall–Kier alpha value is -3.22. The van der Waals surface area contributed by atoms with Crippen molar-refractivity contribution < 1.29 is 28.5 Å². The van der Waals surface area contributed by atoms with E-state index in [4.69, 9.17) is 18.9 Å². The first-order chi connectivity index (χ1) is 14.5. The third-order valence-electron chi connectivity index (χ3n) is 5.89. The molecule has 7 nitrogen and oxygen atoms in total. The third kappa shape index (κ3) is 3.56. The molecule has 0 radical (unpaired) electrons. The van der Waals surface area contributed by atoms with E-state index in [0.717, 1.165) is 0 Å². The number of rotatable bonds is 4. The summed E-state index contributed by atoms with van der Waals surface area (Å²) < 4.78 is 22.1. The molecule has 4 rings (SSSR count). The average molecular weight is 411 g/mol. The third-order valence-corrected chi connectivity index (χ3v) is 5.89. The largest absolute Gasteiger partial charge is 0.497 e. The topological polar surface area (TPSA) is 74.3 Å². The van der Waals surface area contributed by atoms with Crippen LogP contribution in [0.3, 0.4) is 0 Å². The number of fused-ring (bicyclic) bond motifs is 1. The highest BCUT2D eigenvalue weighted by Crippen LogP contribution is 2.41. The van der Waals surface area contributed by atoms with E-state index < -0.39 is 5.60 Å². The van der Waals surface area contributed by atoms with Gasteiger partial charge in [-0.1, -0.05) is 0 Å². The smallest absolute Gasteiger partial charge is 0.253 e. The second-order valence-electron chi connectivity index (χ2n) is 7.61. The van der Waals surface area contributed by atoms with Gasteiger partial charge in [-0.15, -0.1) is 0 Å². The molecule has 2 aromatic carbocycles. The van der Waals surface area contributed by atoms with Crippen LogP contribution in [0.4, 0.5) is 0 Å². The molecule has 2 aromatic rings. The predicted octanol–water partition coefficient (Wildman–Crippen LogP) is 3.35. The Balaban J connectivity index is 1.48. The van der Waals surface area contributed by atoms with Crippen molar-refractivity contribution in [2.75, 3.05) is 34.4 Å². The molecule has 2 aliphatic rings. The standard InChI is InChI=1S/C23H25NO6/c1-27-16-5-6-17-18(25)14-23(30-20(17)13-16)8-10-24(11-9-23)22(26)15-4-7-19(28-2)21(12-15)29-3/h4-7,12-13H,8-11,14H2,1-3H3. The number of methoxy groups -OCH3 is 3. The number of carbonyl (C=O) groups excluding carboxylic acids is 2. The number of ketones is 1. The maximum absolute atomic E-state index is 13.0. The van der Waals surface area contributed by atoms with Crippen molar-refractivity contribution in [3.63, 3.8) is 0 Å². The van der Waals surface area contributed by atoms with Crippen LogP contribution in [-0.4, -0.2) is 56.6 Å². The summed E-state index contributed by atoms with van der Waals surface area (Å²) in [7, 11) is 4.68. The summed E-state index contributed by atoms with van der Waals surface area (Å²) in [5.41, 5.74) is 0.551. The number of hydrogen-bond donors (Lipinski definition) is 0. The number of amides is 1. The normalized spacial score (nSPS) is 17.2. The molecule has 0 atom stereocenters. The number of Topliss-reactive ketones (excluding diaryl/α,β-unsaturated/α-hetero) is 1. The predicted molar refractivity (Wildman–Crippen MR) is 110 cm³/mol. The van der Waals surface area contributed by atoms with Gasteiger partial charge in [-0.05, 0) is 30.3 Å². The summed E-state index contributed by atoms with van der Waals surface area (Å²) in [5, 5.41) is 0. The zero-order valence-electron chi connectivity index (χ0n) is 17.4. The maximum atomic E-state index is 13.0. The van der Waals surface area contributed by atoms with Crippen molar-refractivity contribution in [1.82, 2.24) is 4.90 Å². The van der Waals surface area contributed by atoms with E-state index in [1.54, 1.807) is 62.6 Å². The first kappa shape index (κ1) is 20.1. The SMILES string of the molecule is COc1ccc2c(c1)OC1(CCN(C(=O)c3ccc(OC)c(OC)c3)CC1)CC2=O. The number of hydrogen-bond acceptors (Lipinski definition) is 6. The van der Waals surface area contributed by atoms with Gasteiger partial charge in [-0.2, -0.15) is 0 Å². The molecule has 7 heteroatoms. The minimum Gasteiger partial charge on any atom is -0.497 e. The van der Waals surface area contributed by atoms with Crippen LogP contribution in [0.2, 0.25) is 0 Å². The van der Waals surface area contributed by atoms with E-state index in [0.29, 0.717) is 66.5 Å². The van der Waals surface area contributed by atoms with Crippen molar-refractivity contribution in [2.24, 2.45) is 0 Å². The molecule has 158 valence electrons. The van der Waals surface area contributed by atoms with Crippen LogP contribution in [0.5, 0.6) is 23.0 Å². The Kier molecular flexibility index (Phi) is 5.28. The number of piperidine rings is 1. The Morgan fingerprint density at radius 1 is 0.967 bits per heavy atom. The van der Waals surface area contributed by atoms with Gasteiger partial charge in [0.15, 0.2) is 17.3 Å². The van der Waals surface area contributed by atoms with Gasteiger partial charge < -0.3 is 23.8 Å². The van der Waals surface area contributed by atoms with Gasteiger partial charge in [-0.25, -0.2) is 0 Å². The Morgan fingerprint density at radius 2 is 1.70 bits per heavy atom. The maximum Gasteiger partial charge on any atom is 0.253 e. The highest BCUT2D eigenvalue weighted by molar-refractivity contribution is 6.00. The van der Waals surface area contributed by atoms with Gasteiger partial charge in [0, 0.05) is 37.6 Å². The zero-order chi connectivity index (χ0) is 21.3. The molecule has 0 aliphatic carbocycles. The van der Waals surface area contributed by atoms with Crippen molar-refractivity contribution in [3.05, 3.63) is 47.5 Å². The first-order valence-corrected chi connectivity index (χ1v) is 9.90. The number of carbonyl (C=O) groups is 2. The molecule has 2 heterocycles. The monoisotopic (exact) mass is 411 g/mol. The molecule has 0 N–H and O–H groups in total. The van der Waals surface area contributed by atoms with Gasteiger partial charge in [0.05, 0.1) is 33.3 Å². The molecular weight excluding hydrogens is 386 g/mol. The molecule has 0 bridgehead atoms. The highest BCUT2D eigenvalue weighted by atomic mass is 16.5. The fourth-order valence-electron chi connectivity index (χ4n) is 4.15. The fourth-order valence-corrected chi connectivity index (χ4v) is 4.15. The van der Waals surface area contributed by atoms with Gasteiger partial charge in [0.1, 0.15) is 17.1 Å². The van der Waals surface area contributed by atoms with Gasteiger partial charge in [0.25, 0.3) is 5.91 Å². The fraction of sp³-hybridized carbons (Fsp3) is 0.391. The summed E-state index contributed by atoms with van der Waals surface area (Å²) in [6.45, 7) is 1.03. The van der Waals surface area contributed by atoms with E-state index >= 15 is 0 Å². The van der Waals surface area contributed by atoms with Crippen LogP contribution < -0.4 is 18.9 Å². The molecule has 1 saturated heterocycles. The molecule has 30 heavy (non-hydrogen) atoms. The van der Waals surface area contributed by atoms with Crippen LogP contribution in [0.25, 0.3) is 0 Å². The van der Waals surface area contributed by atoms with Gasteiger partial charge in [0.2, 0.25) is 0 Å². The van der Waals surface area contributed by atoms with Gasteiger partial charge in [-0.3, -0.25) is 9.59 Å². The molecule has 0 saturated carbocycles. The van der Waals surface area contributed by atoms with Gasteiger partial charge >= 0.3 is 0 Å². The van der Waals surface area contributed by atoms with Crippen LogP contribution >= 0.6 is 0 Å². The van der Waals surface area contributed by atoms with Crippen molar-refractivity contribution in [3.8, 4) is 23.0 Å². The van der Waals surface area contributed by atoms with E-state index in [-0.39, 0.29) is 11.7 Å². The molecule has 1 fully saturated rings.